The number of aliphatic hydroxyl groups excluding tert-OH is 1. The van der Waals surface area contributed by atoms with Crippen molar-refractivity contribution in [2.75, 3.05) is 12.4 Å². The maximum absolute atomic E-state index is 8.62. The van der Waals surface area contributed by atoms with E-state index in [2.05, 4.69) is 37.9 Å². The Bertz CT molecular complexity index is 966. The fraction of sp³-hybridized carbons (Fsp3) is 0.179. The monoisotopic (exact) mass is 593 g/mol. The van der Waals surface area contributed by atoms with Crippen LogP contribution in [0.1, 0.15) is 6.92 Å². The van der Waals surface area contributed by atoms with Gasteiger partial charge in [0.15, 0.2) is 0 Å². The molecule has 1 aliphatic carbocycles. The van der Waals surface area contributed by atoms with Crippen molar-refractivity contribution >= 4 is 20.4 Å². The Morgan fingerprint density at radius 2 is 1.13 bits per heavy atom. The molecule has 7 nitrogen and oxygen atoms in total. The zero-order valence-electron chi connectivity index (χ0n) is 20.7. The number of hydrogen-bond acceptors (Lipinski definition) is 6. The quantitative estimate of drug-likeness (QED) is 0.122. The predicted molar refractivity (Wildman–Crippen MR) is 145 cm³/mol. The number of thioether (sulfide) groups is 1. The Balaban J connectivity index is 0.000000726. The van der Waals surface area contributed by atoms with Crippen LogP contribution in [0.15, 0.2) is 115 Å². The normalized spacial score (nSPS) is 14.5. The number of hydrogen-bond donors (Lipinski definition) is 1. The molecule has 0 amide bonds. The van der Waals surface area contributed by atoms with E-state index >= 15 is 0 Å². The number of para-hydroxylation sites is 3. The molecule has 1 radical (unpaired) electrons. The smallest absolute Gasteiger partial charge is 0.409 e. The van der Waals surface area contributed by atoms with Crippen LogP contribution in [0.25, 0.3) is 0 Å². The first-order valence-corrected chi connectivity index (χ1v) is 13.3. The predicted octanol–water partition coefficient (Wildman–Crippen LogP) is 7.15. The number of aliphatic hydroxyl groups is 1. The van der Waals surface area contributed by atoms with Crippen LogP contribution in [0.3, 0.4) is 0 Å². The van der Waals surface area contributed by atoms with Crippen molar-refractivity contribution in [3.8, 4) is 17.2 Å². The van der Waals surface area contributed by atoms with E-state index in [1.165, 1.54) is 0 Å². The molecule has 1 aliphatic rings. The van der Waals surface area contributed by atoms with Crippen molar-refractivity contribution in [3.05, 3.63) is 122 Å². The fourth-order valence-corrected chi connectivity index (χ4v) is 4.82. The first-order valence-electron chi connectivity index (χ1n) is 11.2. The van der Waals surface area contributed by atoms with Crippen molar-refractivity contribution in [1.29, 1.82) is 5.46 Å². The van der Waals surface area contributed by atoms with Gasteiger partial charge in [0.25, 0.3) is 0 Å². The third kappa shape index (κ3) is 14.8. The maximum Gasteiger partial charge on any atom is 0.530 e. The molecular weight excluding hydrogens is 564 g/mol. The number of benzene rings is 3. The molecule has 0 bridgehead atoms. The number of allylic oxidation sites excluding steroid dienone is 3. The largest absolute Gasteiger partial charge is 0.530 e. The van der Waals surface area contributed by atoms with Crippen LogP contribution >= 0.6 is 20.4 Å². The van der Waals surface area contributed by atoms with Crippen LogP contribution in [-0.2, 0) is 26.5 Å². The average Bonchev–Trinajstić information content (AvgIpc) is 2.97. The van der Waals surface area contributed by atoms with Crippen LogP contribution in [0.4, 0.5) is 0 Å². The summed E-state index contributed by atoms with van der Waals surface area (Å²) in [6.07, 6.45) is 8.57. The van der Waals surface area contributed by atoms with Gasteiger partial charge in [0.05, 0.1) is 6.61 Å². The molecule has 4 rings (SSSR count). The molecule has 0 saturated carbocycles. The SMILES string of the molecule is C[C@@H]1C=CC=C[C@@H]1SCCO.N#[O+].[C-]#[O+].[Mn].c1ccc(OP(Oc2ccccc2)Oc2ccccc2)cc1. The van der Waals surface area contributed by atoms with Gasteiger partial charge in [-0.1, -0.05) is 85.8 Å². The third-order valence-corrected chi connectivity index (χ3v) is 6.99. The molecule has 2 atom stereocenters. The van der Waals surface area contributed by atoms with E-state index in [0.717, 1.165) is 5.75 Å². The van der Waals surface area contributed by atoms with Crippen molar-refractivity contribution < 1.29 is 45.2 Å². The molecule has 0 aromatic heterocycles. The molecule has 199 valence electrons. The summed E-state index contributed by atoms with van der Waals surface area (Å²) in [5.74, 6) is 3.57. The van der Waals surface area contributed by atoms with E-state index in [4.69, 9.17) is 33.6 Å². The van der Waals surface area contributed by atoms with Gasteiger partial charge in [0, 0.05) is 28.1 Å². The van der Waals surface area contributed by atoms with E-state index in [1.54, 1.807) is 0 Å². The second-order valence-electron chi connectivity index (χ2n) is 7.12. The minimum Gasteiger partial charge on any atom is -0.409 e. The molecule has 3 aromatic carbocycles. The Morgan fingerprint density at radius 3 is 1.47 bits per heavy atom. The standard InChI is InChI=1S/C18H15O3P.C9H14OS.CO.Mn.NO/c1-4-10-16(11-5-1)19-22(20-17-12-6-2-7-13-17)21-18-14-8-3-9-15-18;1-8-4-2-3-5-9(8)11-7-6-10;1-2;;1-2/h1-15H;2-5,8-10H,6-7H2,1H3;;;/q;;;;+1/t;8-,9+;;;/m.1.../s1. The van der Waals surface area contributed by atoms with Crippen LogP contribution in [0.2, 0.25) is 0 Å². The molecule has 0 heterocycles. The van der Waals surface area contributed by atoms with Gasteiger partial charge in [0.2, 0.25) is 0 Å². The maximum atomic E-state index is 8.62. The Hall–Kier alpha value is -2.79. The van der Waals surface area contributed by atoms with Crippen molar-refractivity contribution in [2.24, 2.45) is 5.92 Å². The summed E-state index contributed by atoms with van der Waals surface area (Å²) in [6, 6.07) is 28.5. The molecule has 3 aromatic rings. The van der Waals surface area contributed by atoms with Gasteiger partial charge in [0.1, 0.15) is 17.2 Å². The molecule has 0 saturated heterocycles. The summed E-state index contributed by atoms with van der Waals surface area (Å²) in [5, 5.41) is 9.18. The van der Waals surface area contributed by atoms with Crippen LogP contribution in [0, 0.1) is 18.0 Å². The summed E-state index contributed by atoms with van der Waals surface area (Å²) in [7, 11) is -1.59. The van der Waals surface area contributed by atoms with Crippen LogP contribution < -0.4 is 13.6 Å². The third-order valence-electron chi connectivity index (χ3n) is 4.52. The summed E-state index contributed by atoms with van der Waals surface area (Å²) < 4.78 is 32.3. The second kappa shape index (κ2) is 23.3. The van der Waals surface area contributed by atoms with E-state index in [0.29, 0.717) is 28.4 Å². The van der Waals surface area contributed by atoms with Gasteiger partial charge in [-0.25, -0.2) is 0 Å². The summed E-state index contributed by atoms with van der Waals surface area (Å²) in [4.78, 5) is 0. The minimum atomic E-state index is -1.59. The number of nitrogens with zero attached hydrogens (tertiary/aromatic N) is 1. The van der Waals surface area contributed by atoms with E-state index in [1.807, 2.05) is 103 Å². The summed E-state index contributed by atoms with van der Waals surface area (Å²) in [5.41, 5.74) is 5.75. The van der Waals surface area contributed by atoms with Gasteiger partial charge < -0.3 is 18.7 Å². The van der Waals surface area contributed by atoms with Crippen LogP contribution in [-0.4, -0.2) is 22.7 Å². The minimum absolute atomic E-state index is 0. The number of rotatable bonds is 9. The van der Waals surface area contributed by atoms with E-state index in [-0.39, 0.29) is 23.7 Å². The van der Waals surface area contributed by atoms with Crippen LogP contribution in [0.5, 0.6) is 17.2 Å². The molecular formula is C28H29MnNO6PS+. The fourth-order valence-electron chi connectivity index (χ4n) is 2.85. The zero-order chi connectivity index (χ0) is 27.1. The van der Waals surface area contributed by atoms with Gasteiger partial charge in [-0.2, -0.15) is 11.8 Å². The van der Waals surface area contributed by atoms with E-state index in [9.17, 15) is 0 Å². The topological polar surface area (TPSA) is 112 Å². The first kappa shape index (κ1) is 35.2. The molecule has 0 unspecified atom stereocenters. The Morgan fingerprint density at radius 1 is 0.763 bits per heavy atom. The summed E-state index contributed by atoms with van der Waals surface area (Å²) in [6.45, 7) is 6.99. The molecule has 10 heteroatoms. The Kier molecular flexibility index (Phi) is 21.6. The van der Waals surface area contributed by atoms with Gasteiger partial charge >= 0.3 is 30.1 Å². The van der Waals surface area contributed by atoms with Crippen molar-refractivity contribution in [3.63, 3.8) is 0 Å². The average molecular weight is 594 g/mol. The first-order chi connectivity index (χ1) is 18.2. The second-order valence-corrected chi connectivity index (χ2v) is 9.41. The van der Waals surface area contributed by atoms with Gasteiger partial charge in [-0.05, 0) is 42.3 Å². The van der Waals surface area contributed by atoms with E-state index < -0.39 is 8.60 Å². The van der Waals surface area contributed by atoms with Gasteiger partial charge in [-0.15, -0.1) is 0 Å². The molecule has 0 fully saturated rings. The molecule has 0 spiro atoms. The van der Waals surface area contributed by atoms with Crippen molar-refractivity contribution in [1.82, 2.24) is 0 Å². The van der Waals surface area contributed by atoms with Gasteiger partial charge in [-0.3, -0.25) is 0 Å². The summed E-state index contributed by atoms with van der Waals surface area (Å²) >= 11 is 1.82. The molecule has 38 heavy (non-hydrogen) atoms. The Labute approximate surface area is 240 Å². The molecule has 0 aliphatic heterocycles. The van der Waals surface area contributed by atoms with Crippen molar-refractivity contribution in [2.45, 2.75) is 12.2 Å². The molecule has 1 N–H and O–H groups in total. The zero-order valence-corrected chi connectivity index (χ0v) is 23.6.